The summed E-state index contributed by atoms with van der Waals surface area (Å²) >= 11 is 0. The normalized spacial score (nSPS) is 15.9. The van der Waals surface area contributed by atoms with Crippen LogP contribution in [0.2, 0.25) is 0 Å². The van der Waals surface area contributed by atoms with Crippen molar-refractivity contribution in [2.75, 3.05) is 5.32 Å². The topological polar surface area (TPSA) is 29.3 Å². The molecule has 0 amide bonds. The zero-order valence-electron chi connectivity index (χ0n) is 13.6. The van der Waals surface area contributed by atoms with Gasteiger partial charge in [0.2, 0.25) is 0 Å². The molecule has 0 saturated heterocycles. The molecule has 3 heteroatoms. The predicted octanol–water partition coefficient (Wildman–Crippen LogP) is 5.05. The number of hydrogen-bond donors (Lipinski definition) is 1. The first-order valence-corrected chi connectivity index (χ1v) is 8.62. The Hall–Kier alpha value is -2.29. The van der Waals surface area contributed by atoms with Gasteiger partial charge in [-0.25, -0.2) is 4.98 Å². The van der Waals surface area contributed by atoms with E-state index >= 15 is 0 Å². The van der Waals surface area contributed by atoms with Crippen molar-refractivity contribution in [2.24, 2.45) is 0 Å². The van der Waals surface area contributed by atoms with Gasteiger partial charge in [-0.15, -0.1) is 0 Å². The van der Waals surface area contributed by atoms with Crippen molar-refractivity contribution in [1.29, 1.82) is 0 Å². The molecule has 0 unspecified atom stereocenters. The summed E-state index contributed by atoms with van der Waals surface area (Å²) < 4.78 is 2.18. The minimum atomic E-state index is 0.563. The van der Waals surface area contributed by atoms with E-state index in [1.165, 1.54) is 43.2 Å². The maximum absolute atomic E-state index is 4.88. The van der Waals surface area contributed by atoms with Crippen molar-refractivity contribution in [3.05, 3.63) is 54.2 Å². The SMILES string of the molecule is Cc1ccc(-c2nc3ccccn3c2NC2CCCCC2)cc1. The van der Waals surface area contributed by atoms with Crippen LogP contribution in [0, 0.1) is 6.92 Å². The van der Waals surface area contributed by atoms with Gasteiger partial charge in [0.25, 0.3) is 0 Å². The number of aromatic nitrogens is 2. The molecule has 118 valence electrons. The second kappa shape index (κ2) is 6.07. The lowest BCUT2D eigenvalue weighted by Gasteiger charge is -2.24. The van der Waals surface area contributed by atoms with Gasteiger partial charge in [-0.05, 0) is 31.9 Å². The first-order valence-electron chi connectivity index (χ1n) is 8.62. The zero-order chi connectivity index (χ0) is 15.6. The van der Waals surface area contributed by atoms with Crippen LogP contribution in [0.1, 0.15) is 37.7 Å². The maximum Gasteiger partial charge on any atom is 0.139 e. The van der Waals surface area contributed by atoms with Crippen LogP contribution in [0.25, 0.3) is 16.9 Å². The van der Waals surface area contributed by atoms with Crippen LogP contribution in [0.3, 0.4) is 0 Å². The van der Waals surface area contributed by atoms with Crippen LogP contribution in [-0.4, -0.2) is 15.4 Å². The van der Waals surface area contributed by atoms with Crippen LogP contribution in [0.5, 0.6) is 0 Å². The summed E-state index contributed by atoms with van der Waals surface area (Å²) in [7, 11) is 0. The number of rotatable bonds is 3. The lowest BCUT2D eigenvalue weighted by atomic mass is 9.95. The Morgan fingerprint density at radius 1 is 1.00 bits per heavy atom. The van der Waals surface area contributed by atoms with Gasteiger partial charge in [0, 0.05) is 17.8 Å². The highest BCUT2D eigenvalue weighted by Crippen LogP contribution is 2.31. The Morgan fingerprint density at radius 2 is 1.78 bits per heavy atom. The summed E-state index contributed by atoms with van der Waals surface area (Å²) in [6.07, 6.45) is 8.64. The molecule has 0 atom stereocenters. The zero-order valence-corrected chi connectivity index (χ0v) is 13.6. The molecule has 3 aromatic rings. The molecule has 23 heavy (non-hydrogen) atoms. The van der Waals surface area contributed by atoms with Crippen molar-refractivity contribution in [1.82, 2.24) is 9.38 Å². The largest absolute Gasteiger partial charge is 0.367 e. The highest BCUT2D eigenvalue weighted by atomic mass is 15.1. The standard InChI is InChI=1S/C20H23N3/c1-15-10-12-16(13-11-15)19-20(21-17-7-3-2-4-8-17)23-14-6-5-9-18(23)22-19/h5-6,9-14,17,21H,2-4,7-8H2,1H3. The third kappa shape index (κ3) is 2.83. The molecule has 0 aliphatic heterocycles. The van der Waals surface area contributed by atoms with Gasteiger partial charge in [-0.3, -0.25) is 4.40 Å². The number of imidazole rings is 1. The average molecular weight is 305 g/mol. The van der Waals surface area contributed by atoms with Gasteiger partial charge in [-0.1, -0.05) is 55.2 Å². The molecule has 1 aromatic carbocycles. The molecule has 1 fully saturated rings. The first-order chi connectivity index (χ1) is 11.3. The summed E-state index contributed by atoms with van der Waals surface area (Å²) in [6.45, 7) is 2.12. The van der Waals surface area contributed by atoms with Gasteiger partial charge in [0.15, 0.2) is 0 Å². The highest BCUT2D eigenvalue weighted by Gasteiger charge is 2.19. The molecular weight excluding hydrogens is 282 g/mol. The summed E-state index contributed by atoms with van der Waals surface area (Å²) in [5.74, 6) is 1.14. The van der Waals surface area contributed by atoms with E-state index in [0.717, 1.165) is 17.2 Å². The van der Waals surface area contributed by atoms with Gasteiger partial charge in [-0.2, -0.15) is 0 Å². The molecule has 3 nitrogen and oxygen atoms in total. The fraction of sp³-hybridized carbons (Fsp3) is 0.350. The predicted molar refractivity (Wildman–Crippen MR) is 95.9 cm³/mol. The summed E-state index contributed by atoms with van der Waals surface area (Å²) in [4.78, 5) is 4.88. The second-order valence-corrected chi connectivity index (χ2v) is 6.58. The Morgan fingerprint density at radius 3 is 2.57 bits per heavy atom. The summed E-state index contributed by atoms with van der Waals surface area (Å²) in [6, 6.07) is 15.4. The number of hydrogen-bond acceptors (Lipinski definition) is 2. The molecule has 1 aliphatic rings. The average Bonchev–Trinajstić information content (AvgIpc) is 2.95. The number of fused-ring (bicyclic) bond motifs is 1. The van der Waals surface area contributed by atoms with Crippen molar-refractivity contribution in [3.8, 4) is 11.3 Å². The van der Waals surface area contributed by atoms with Crippen LogP contribution in [0.15, 0.2) is 48.7 Å². The van der Waals surface area contributed by atoms with Crippen LogP contribution in [-0.2, 0) is 0 Å². The fourth-order valence-electron chi connectivity index (χ4n) is 3.49. The summed E-state index contributed by atoms with van der Waals surface area (Å²) in [5.41, 5.74) is 4.51. The number of benzene rings is 1. The van der Waals surface area contributed by atoms with Gasteiger partial charge >= 0.3 is 0 Å². The molecule has 1 N–H and O–H groups in total. The lowest BCUT2D eigenvalue weighted by Crippen LogP contribution is -2.23. The molecule has 0 radical (unpaired) electrons. The quantitative estimate of drug-likeness (QED) is 0.733. The monoisotopic (exact) mass is 305 g/mol. The third-order valence-electron chi connectivity index (χ3n) is 4.80. The molecule has 1 saturated carbocycles. The van der Waals surface area contributed by atoms with E-state index in [1.807, 2.05) is 6.07 Å². The molecule has 1 aliphatic carbocycles. The second-order valence-electron chi connectivity index (χ2n) is 6.58. The van der Waals surface area contributed by atoms with E-state index in [4.69, 9.17) is 4.98 Å². The van der Waals surface area contributed by atoms with Crippen molar-refractivity contribution < 1.29 is 0 Å². The number of anilines is 1. The summed E-state index contributed by atoms with van der Waals surface area (Å²) in [5, 5.41) is 3.79. The van der Waals surface area contributed by atoms with Crippen molar-refractivity contribution in [2.45, 2.75) is 45.1 Å². The van der Waals surface area contributed by atoms with E-state index in [1.54, 1.807) is 0 Å². The van der Waals surface area contributed by atoms with E-state index in [2.05, 4.69) is 59.2 Å². The van der Waals surface area contributed by atoms with Crippen LogP contribution in [0.4, 0.5) is 5.82 Å². The molecular formula is C20H23N3. The lowest BCUT2D eigenvalue weighted by molar-refractivity contribution is 0.462. The molecule has 4 rings (SSSR count). The minimum absolute atomic E-state index is 0.563. The maximum atomic E-state index is 4.88. The van der Waals surface area contributed by atoms with E-state index in [-0.39, 0.29) is 0 Å². The van der Waals surface area contributed by atoms with Gasteiger partial charge in [0.1, 0.15) is 17.2 Å². The molecule has 2 aromatic heterocycles. The number of pyridine rings is 1. The number of nitrogens with one attached hydrogen (secondary N) is 1. The molecule has 0 spiro atoms. The third-order valence-corrected chi connectivity index (χ3v) is 4.80. The first kappa shape index (κ1) is 14.3. The van der Waals surface area contributed by atoms with Gasteiger partial charge in [0.05, 0.1) is 0 Å². The fourth-order valence-corrected chi connectivity index (χ4v) is 3.49. The van der Waals surface area contributed by atoms with E-state index < -0.39 is 0 Å². The van der Waals surface area contributed by atoms with E-state index in [9.17, 15) is 0 Å². The Labute approximate surface area is 137 Å². The highest BCUT2D eigenvalue weighted by molar-refractivity contribution is 5.76. The van der Waals surface area contributed by atoms with Gasteiger partial charge < -0.3 is 5.32 Å². The smallest absolute Gasteiger partial charge is 0.139 e. The molecule has 0 bridgehead atoms. The van der Waals surface area contributed by atoms with Crippen LogP contribution >= 0.6 is 0 Å². The van der Waals surface area contributed by atoms with Crippen molar-refractivity contribution >= 4 is 11.5 Å². The van der Waals surface area contributed by atoms with E-state index in [0.29, 0.717) is 6.04 Å². The molecule has 2 heterocycles. The minimum Gasteiger partial charge on any atom is -0.367 e. The Balaban J connectivity index is 1.79. The number of nitrogens with zero attached hydrogens (tertiary/aromatic N) is 2. The Bertz CT molecular complexity index is 795. The van der Waals surface area contributed by atoms with Crippen LogP contribution < -0.4 is 5.32 Å². The number of aryl methyl sites for hydroxylation is 1. The van der Waals surface area contributed by atoms with Crippen molar-refractivity contribution in [3.63, 3.8) is 0 Å². The Kier molecular flexibility index (Phi) is 3.78.